The minimum absolute atomic E-state index is 0. The van der Waals surface area contributed by atoms with Crippen LogP contribution in [0.3, 0.4) is 0 Å². The Morgan fingerprint density at radius 1 is 1.23 bits per heavy atom. The van der Waals surface area contributed by atoms with Crippen LogP contribution in [0.4, 0.5) is 17.6 Å². The second kappa shape index (κ2) is 7.34. The Bertz CT molecular complexity index is 518. The van der Waals surface area contributed by atoms with E-state index in [4.69, 9.17) is 17.3 Å². The van der Waals surface area contributed by atoms with Crippen molar-refractivity contribution >= 4 is 24.0 Å². The molecule has 0 spiro atoms. The van der Waals surface area contributed by atoms with Gasteiger partial charge in [-0.25, -0.2) is 4.39 Å². The van der Waals surface area contributed by atoms with Gasteiger partial charge in [-0.05, 0) is 30.9 Å². The zero-order valence-electron chi connectivity index (χ0n) is 11.5. The fourth-order valence-corrected chi connectivity index (χ4v) is 3.07. The van der Waals surface area contributed by atoms with E-state index in [1.807, 2.05) is 0 Å². The maximum absolute atomic E-state index is 14.1. The Morgan fingerprint density at radius 2 is 1.77 bits per heavy atom. The van der Waals surface area contributed by atoms with Crippen molar-refractivity contribution in [3.05, 3.63) is 34.1 Å². The van der Waals surface area contributed by atoms with Gasteiger partial charge in [-0.3, -0.25) is 0 Å². The monoisotopic (exact) mass is 361 g/mol. The molecular formula is C14H17Cl2F4NO. The minimum Gasteiger partial charge on any atom is -0.391 e. The molecule has 0 saturated heterocycles. The Labute approximate surface area is 137 Å². The van der Waals surface area contributed by atoms with Crippen molar-refractivity contribution in [3.63, 3.8) is 0 Å². The number of aliphatic hydroxyl groups excluding tert-OH is 1. The first-order valence-electron chi connectivity index (χ1n) is 6.72. The molecule has 0 radical (unpaired) electrons. The van der Waals surface area contributed by atoms with Crippen LogP contribution in [0.25, 0.3) is 0 Å². The van der Waals surface area contributed by atoms with Gasteiger partial charge in [0, 0.05) is 5.56 Å². The van der Waals surface area contributed by atoms with Crippen LogP contribution in [-0.4, -0.2) is 11.2 Å². The third-order valence-corrected chi connectivity index (χ3v) is 4.31. The van der Waals surface area contributed by atoms with E-state index in [0.29, 0.717) is 18.9 Å². The third kappa shape index (κ3) is 3.85. The van der Waals surface area contributed by atoms with Crippen LogP contribution < -0.4 is 5.73 Å². The summed E-state index contributed by atoms with van der Waals surface area (Å²) in [6.07, 6.45) is -2.84. The molecule has 1 aliphatic carbocycles. The van der Waals surface area contributed by atoms with Gasteiger partial charge in [0.25, 0.3) is 0 Å². The SMILES string of the molecule is Cl.N[C@@H](c1c(C(F)(F)F)ccc(Cl)c1F)[C@H](O)C1CCCC1. The second-order valence-electron chi connectivity index (χ2n) is 5.38. The van der Waals surface area contributed by atoms with Gasteiger partial charge in [0.2, 0.25) is 0 Å². The summed E-state index contributed by atoms with van der Waals surface area (Å²) in [7, 11) is 0. The van der Waals surface area contributed by atoms with Crippen molar-refractivity contribution in [1.29, 1.82) is 0 Å². The maximum atomic E-state index is 14.1. The standard InChI is InChI=1S/C14H16ClF4NO.ClH/c15-9-6-5-8(14(17,18)19)10(11(9)16)12(20)13(21)7-3-1-2-4-7;/h5-7,12-13,21H,1-4,20H2;1H/t12-,13+;/m0./s1. The van der Waals surface area contributed by atoms with Gasteiger partial charge < -0.3 is 10.8 Å². The van der Waals surface area contributed by atoms with Gasteiger partial charge in [0.05, 0.1) is 22.7 Å². The van der Waals surface area contributed by atoms with E-state index in [2.05, 4.69) is 0 Å². The van der Waals surface area contributed by atoms with E-state index >= 15 is 0 Å². The van der Waals surface area contributed by atoms with Crippen molar-refractivity contribution < 1.29 is 22.7 Å². The van der Waals surface area contributed by atoms with Gasteiger partial charge in [-0.2, -0.15) is 13.2 Å². The lowest BCUT2D eigenvalue weighted by atomic mass is 9.88. The van der Waals surface area contributed by atoms with Crippen molar-refractivity contribution in [1.82, 2.24) is 0 Å². The normalized spacial score (nSPS) is 18.9. The number of aliphatic hydroxyl groups is 1. The molecule has 0 heterocycles. The smallest absolute Gasteiger partial charge is 0.391 e. The molecule has 1 saturated carbocycles. The van der Waals surface area contributed by atoms with E-state index < -0.39 is 40.3 Å². The molecule has 0 aliphatic heterocycles. The highest BCUT2D eigenvalue weighted by molar-refractivity contribution is 6.30. The zero-order chi connectivity index (χ0) is 15.8. The maximum Gasteiger partial charge on any atom is 0.416 e. The number of hydrogen-bond acceptors (Lipinski definition) is 2. The summed E-state index contributed by atoms with van der Waals surface area (Å²) in [5.41, 5.74) is 3.80. The van der Waals surface area contributed by atoms with Crippen molar-refractivity contribution in [3.8, 4) is 0 Å². The van der Waals surface area contributed by atoms with E-state index in [9.17, 15) is 22.7 Å². The summed E-state index contributed by atoms with van der Waals surface area (Å²) in [6, 6.07) is 0.0864. The lowest BCUT2D eigenvalue weighted by Crippen LogP contribution is -2.34. The quantitative estimate of drug-likeness (QED) is 0.780. The average Bonchev–Trinajstić information content (AvgIpc) is 2.92. The molecule has 1 aliphatic rings. The molecule has 8 heteroatoms. The highest BCUT2D eigenvalue weighted by atomic mass is 35.5. The van der Waals surface area contributed by atoms with Crippen molar-refractivity contribution in [2.75, 3.05) is 0 Å². The van der Waals surface area contributed by atoms with Crippen LogP contribution in [-0.2, 0) is 6.18 Å². The number of nitrogens with two attached hydrogens (primary N) is 1. The van der Waals surface area contributed by atoms with Crippen LogP contribution in [0.5, 0.6) is 0 Å². The fourth-order valence-electron chi connectivity index (χ4n) is 2.90. The highest BCUT2D eigenvalue weighted by Gasteiger charge is 2.40. The molecule has 0 amide bonds. The lowest BCUT2D eigenvalue weighted by Gasteiger charge is -2.27. The largest absolute Gasteiger partial charge is 0.416 e. The molecule has 1 fully saturated rings. The van der Waals surface area contributed by atoms with Gasteiger partial charge >= 0.3 is 6.18 Å². The highest BCUT2D eigenvalue weighted by Crippen LogP contribution is 2.40. The van der Waals surface area contributed by atoms with E-state index in [1.165, 1.54) is 0 Å². The Balaban J connectivity index is 0.00000242. The van der Waals surface area contributed by atoms with E-state index in [0.717, 1.165) is 18.9 Å². The number of alkyl halides is 3. The summed E-state index contributed by atoms with van der Waals surface area (Å²) < 4.78 is 53.1. The van der Waals surface area contributed by atoms with Crippen LogP contribution in [0.15, 0.2) is 12.1 Å². The molecule has 0 aromatic heterocycles. The van der Waals surface area contributed by atoms with Gasteiger partial charge in [-0.15, -0.1) is 12.4 Å². The zero-order valence-corrected chi connectivity index (χ0v) is 13.1. The first kappa shape index (κ1) is 19.5. The van der Waals surface area contributed by atoms with Crippen LogP contribution in [0, 0.1) is 11.7 Å². The van der Waals surface area contributed by atoms with Gasteiger partial charge in [-0.1, -0.05) is 24.4 Å². The van der Waals surface area contributed by atoms with Gasteiger partial charge in [0.15, 0.2) is 0 Å². The molecule has 126 valence electrons. The number of halogens is 6. The topological polar surface area (TPSA) is 46.2 Å². The summed E-state index contributed by atoms with van der Waals surface area (Å²) in [5.74, 6) is -1.42. The Kier molecular flexibility index (Phi) is 6.50. The van der Waals surface area contributed by atoms with Gasteiger partial charge in [0.1, 0.15) is 5.82 Å². The van der Waals surface area contributed by atoms with Crippen LogP contribution >= 0.6 is 24.0 Å². The summed E-state index contributed by atoms with van der Waals surface area (Å²) in [6.45, 7) is 0. The predicted molar refractivity (Wildman–Crippen MR) is 78.6 cm³/mol. The average molecular weight is 362 g/mol. The van der Waals surface area contributed by atoms with Crippen LogP contribution in [0.1, 0.15) is 42.9 Å². The molecule has 2 rings (SSSR count). The molecule has 0 bridgehead atoms. The van der Waals surface area contributed by atoms with E-state index in [-0.39, 0.29) is 18.3 Å². The Hall–Kier alpha value is -0.560. The first-order chi connectivity index (χ1) is 9.73. The lowest BCUT2D eigenvalue weighted by molar-refractivity contribution is -0.139. The second-order valence-corrected chi connectivity index (χ2v) is 5.79. The molecule has 22 heavy (non-hydrogen) atoms. The molecular weight excluding hydrogens is 345 g/mol. The van der Waals surface area contributed by atoms with Crippen molar-refractivity contribution in [2.45, 2.75) is 44.0 Å². The number of rotatable bonds is 3. The fraction of sp³-hybridized carbons (Fsp3) is 0.571. The summed E-state index contributed by atoms with van der Waals surface area (Å²) in [4.78, 5) is 0. The molecule has 1 aromatic carbocycles. The van der Waals surface area contributed by atoms with Crippen LogP contribution in [0.2, 0.25) is 5.02 Å². The summed E-state index contributed by atoms with van der Waals surface area (Å²) in [5, 5.41) is 9.74. The van der Waals surface area contributed by atoms with E-state index in [1.54, 1.807) is 0 Å². The molecule has 2 atom stereocenters. The first-order valence-corrected chi connectivity index (χ1v) is 7.10. The summed E-state index contributed by atoms with van der Waals surface area (Å²) >= 11 is 5.56. The third-order valence-electron chi connectivity index (χ3n) is 4.02. The molecule has 3 N–H and O–H groups in total. The molecule has 1 aromatic rings. The number of benzene rings is 1. The predicted octanol–water partition coefficient (Wildman–Crippen LogP) is 4.47. The van der Waals surface area contributed by atoms with Crippen molar-refractivity contribution in [2.24, 2.45) is 11.7 Å². The number of hydrogen-bond donors (Lipinski definition) is 2. The molecule has 0 unspecified atom stereocenters. The Morgan fingerprint density at radius 3 is 2.27 bits per heavy atom. The minimum atomic E-state index is -4.76. The molecule has 2 nitrogen and oxygen atoms in total.